The van der Waals surface area contributed by atoms with Crippen LogP contribution >= 0.6 is 0 Å². The summed E-state index contributed by atoms with van der Waals surface area (Å²) in [5.41, 5.74) is 0.609. The summed E-state index contributed by atoms with van der Waals surface area (Å²) in [7, 11) is -1.88. The molecule has 0 radical (unpaired) electrons. The molecule has 1 heterocycles. The highest BCUT2D eigenvalue weighted by Gasteiger charge is 2.36. The molecule has 0 aromatic heterocycles. The highest BCUT2D eigenvalue weighted by Crippen LogP contribution is 2.33. The topological polar surface area (TPSA) is 66.9 Å². The van der Waals surface area contributed by atoms with Crippen molar-refractivity contribution >= 4 is 15.8 Å². The SMILES string of the molecule is COCCN1C(C)CN(S(=O)(=O)c2ccc(C(=O)C3CC3)cc2)CC1C. The zero-order valence-corrected chi connectivity index (χ0v) is 16.5. The van der Waals surface area contributed by atoms with Crippen LogP contribution in [0.15, 0.2) is 29.2 Å². The number of ketones is 1. The van der Waals surface area contributed by atoms with Gasteiger partial charge in [-0.25, -0.2) is 8.42 Å². The van der Waals surface area contributed by atoms with Crippen molar-refractivity contribution in [3.05, 3.63) is 29.8 Å². The van der Waals surface area contributed by atoms with Crippen molar-refractivity contribution in [2.24, 2.45) is 5.92 Å². The largest absolute Gasteiger partial charge is 0.383 e. The summed E-state index contributed by atoms with van der Waals surface area (Å²) in [6.07, 6.45) is 1.89. The molecule has 2 fully saturated rings. The molecular weight excluding hydrogens is 352 g/mol. The molecule has 0 bridgehead atoms. The van der Waals surface area contributed by atoms with Crippen molar-refractivity contribution in [3.63, 3.8) is 0 Å². The molecule has 144 valence electrons. The maximum atomic E-state index is 13.0. The maximum Gasteiger partial charge on any atom is 0.243 e. The van der Waals surface area contributed by atoms with Gasteiger partial charge in [-0.1, -0.05) is 12.1 Å². The minimum atomic E-state index is -3.55. The highest BCUT2D eigenvalue weighted by molar-refractivity contribution is 7.89. The number of nitrogens with zero attached hydrogens (tertiary/aromatic N) is 2. The molecule has 0 N–H and O–H groups in total. The van der Waals surface area contributed by atoms with E-state index in [9.17, 15) is 13.2 Å². The molecule has 2 unspecified atom stereocenters. The van der Waals surface area contributed by atoms with E-state index in [1.807, 2.05) is 13.8 Å². The lowest BCUT2D eigenvalue weighted by molar-refractivity contribution is 0.0496. The molecule has 1 aromatic carbocycles. The normalized spacial score (nSPS) is 25.3. The summed E-state index contributed by atoms with van der Waals surface area (Å²) in [4.78, 5) is 14.6. The van der Waals surface area contributed by atoms with Gasteiger partial charge >= 0.3 is 0 Å². The standard InChI is InChI=1S/C19H28N2O4S/c1-14-12-20(13-15(2)21(14)10-11-25-3)26(23,24)18-8-6-17(7-9-18)19(22)16-4-5-16/h6-9,14-16H,4-5,10-13H2,1-3H3. The molecule has 3 rings (SSSR count). The van der Waals surface area contributed by atoms with E-state index in [0.717, 1.165) is 19.4 Å². The molecule has 1 saturated heterocycles. The Morgan fingerprint density at radius 2 is 1.69 bits per heavy atom. The molecule has 0 spiro atoms. The van der Waals surface area contributed by atoms with Gasteiger partial charge in [-0.15, -0.1) is 0 Å². The van der Waals surface area contributed by atoms with E-state index in [-0.39, 0.29) is 28.7 Å². The third-order valence-electron chi connectivity index (χ3n) is 5.35. The number of piperazine rings is 1. The average molecular weight is 381 g/mol. The van der Waals surface area contributed by atoms with Crippen LogP contribution in [0.2, 0.25) is 0 Å². The monoisotopic (exact) mass is 380 g/mol. The van der Waals surface area contributed by atoms with Crippen LogP contribution in [-0.2, 0) is 14.8 Å². The molecule has 0 amide bonds. The Morgan fingerprint density at radius 3 is 2.19 bits per heavy atom. The van der Waals surface area contributed by atoms with E-state index in [2.05, 4.69) is 4.90 Å². The van der Waals surface area contributed by atoms with Gasteiger partial charge in [0, 0.05) is 50.3 Å². The number of methoxy groups -OCH3 is 1. The van der Waals surface area contributed by atoms with Gasteiger partial charge in [-0.3, -0.25) is 9.69 Å². The first-order valence-electron chi connectivity index (χ1n) is 9.23. The highest BCUT2D eigenvalue weighted by atomic mass is 32.2. The summed E-state index contributed by atoms with van der Waals surface area (Å²) in [5.74, 6) is 0.266. The van der Waals surface area contributed by atoms with Crippen LogP contribution < -0.4 is 0 Å². The second-order valence-electron chi connectivity index (χ2n) is 7.41. The van der Waals surface area contributed by atoms with Crippen LogP contribution in [-0.4, -0.2) is 68.8 Å². The van der Waals surface area contributed by atoms with Gasteiger partial charge < -0.3 is 4.74 Å². The van der Waals surface area contributed by atoms with Crippen molar-refractivity contribution in [2.75, 3.05) is 33.4 Å². The van der Waals surface area contributed by atoms with Crippen LogP contribution in [0.25, 0.3) is 0 Å². The van der Waals surface area contributed by atoms with Gasteiger partial charge in [0.2, 0.25) is 10.0 Å². The van der Waals surface area contributed by atoms with E-state index in [1.165, 1.54) is 0 Å². The Labute approximate surface area is 156 Å². The van der Waals surface area contributed by atoms with Crippen molar-refractivity contribution in [1.29, 1.82) is 0 Å². The fraction of sp³-hybridized carbons (Fsp3) is 0.632. The summed E-state index contributed by atoms with van der Waals surface area (Å²) >= 11 is 0. The predicted molar refractivity (Wildman–Crippen MR) is 99.8 cm³/mol. The molecule has 2 aliphatic rings. The van der Waals surface area contributed by atoms with Crippen LogP contribution in [0.5, 0.6) is 0 Å². The minimum Gasteiger partial charge on any atom is -0.383 e. The second kappa shape index (κ2) is 7.76. The van der Waals surface area contributed by atoms with Gasteiger partial charge in [0.15, 0.2) is 5.78 Å². The number of rotatable bonds is 7. The Morgan fingerprint density at radius 1 is 1.12 bits per heavy atom. The van der Waals surface area contributed by atoms with Crippen molar-refractivity contribution in [2.45, 2.75) is 43.7 Å². The van der Waals surface area contributed by atoms with Gasteiger partial charge in [-0.2, -0.15) is 4.31 Å². The number of benzene rings is 1. The lowest BCUT2D eigenvalue weighted by Crippen LogP contribution is -2.58. The van der Waals surface area contributed by atoms with Gasteiger partial charge in [-0.05, 0) is 38.8 Å². The van der Waals surface area contributed by atoms with Gasteiger partial charge in [0.1, 0.15) is 0 Å². The summed E-state index contributed by atoms with van der Waals surface area (Å²) in [6.45, 7) is 6.44. The lowest BCUT2D eigenvalue weighted by atomic mass is 10.1. The fourth-order valence-corrected chi connectivity index (χ4v) is 5.27. The van der Waals surface area contributed by atoms with E-state index in [1.54, 1.807) is 35.7 Å². The number of ether oxygens (including phenoxy) is 1. The first-order chi connectivity index (χ1) is 12.3. The smallest absolute Gasteiger partial charge is 0.243 e. The molecule has 1 aliphatic carbocycles. The van der Waals surface area contributed by atoms with Crippen molar-refractivity contribution in [3.8, 4) is 0 Å². The number of hydrogen-bond acceptors (Lipinski definition) is 5. The molecule has 26 heavy (non-hydrogen) atoms. The molecule has 7 heteroatoms. The Hall–Kier alpha value is -1.28. The molecule has 1 aromatic rings. The Balaban J connectivity index is 1.72. The number of Topliss-reactive ketones (excluding diaryl/α,β-unsaturated/α-hetero) is 1. The summed E-state index contributed by atoms with van der Waals surface area (Å²) < 4.78 is 32.8. The Bertz CT molecular complexity index is 731. The van der Waals surface area contributed by atoms with E-state index in [4.69, 9.17) is 4.74 Å². The first-order valence-corrected chi connectivity index (χ1v) is 10.7. The molecule has 2 atom stereocenters. The number of hydrogen-bond donors (Lipinski definition) is 0. The van der Waals surface area contributed by atoms with Gasteiger partial charge in [0.05, 0.1) is 11.5 Å². The molecule has 1 aliphatic heterocycles. The minimum absolute atomic E-state index is 0.124. The summed E-state index contributed by atoms with van der Waals surface area (Å²) in [5, 5.41) is 0. The van der Waals surface area contributed by atoms with Crippen LogP contribution in [0.3, 0.4) is 0 Å². The van der Waals surface area contributed by atoms with E-state index >= 15 is 0 Å². The zero-order chi connectivity index (χ0) is 18.9. The first kappa shape index (κ1) is 19.5. The lowest BCUT2D eigenvalue weighted by Gasteiger charge is -2.43. The third kappa shape index (κ3) is 4.01. The van der Waals surface area contributed by atoms with Crippen molar-refractivity contribution < 1.29 is 17.9 Å². The maximum absolute atomic E-state index is 13.0. The number of carbonyl (C=O) groups excluding carboxylic acids is 1. The van der Waals surface area contributed by atoms with Crippen LogP contribution in [0.4, 0.5) is 0 Å². The van der Waals surface area contributed by atoms with Crippen LogP contribution in [0, 0.1) is 5.92 Å². The Kier molecular flexibility index (Phi) is 5.81. The van der Waals surface area contributed by atoms with Crippen LogP contribution in [0.1, 0.15) is 37.0 Å². The van der Waals surface area contributed by atoms with E-state index in [0.29, 0.717) is 25.3 Å². The zero-order valence-electron chi connectivity index (χ0n) is 15.7. The molecular formula is C19H28N2O4S. The quantitative estimate of drug-likeness (QED) is 0.677. The average Bonchev–Trinajstić information content (AvgIpc) is 3.45. The third-order valence-corrected chi connectivity index (χ3v) is 7.19. The summed E-state index contributed by atoms with van der Waals surface area (Å²) in [6, 6.07) is 6.68. The predicted octanol–water partition coefficient (Wildman–Crippen LogP) is 2.01. The number of sulfonamides is 1. The van der Waals surface area contributed by atoms with Gasteiger partial charge in [0.25, 0.3) is 0 Å². The fourth-order valence-electron chi connectivity index (χ4n) is 3.66. The molecule has 1 saturated carbocycles. The second-order valence-corrected chi connectivity index (χ2v) is 9.35. The molecule has 6 nitrogen and oxygen atoms in total. The van der Waals surface area contributed by atoms with Crippen molar-refractivity contribution in [1.82, 2.24) is 9.21 Å². The van der Waals surface area contributed by atoms with E-state index < -0.39 is 10.0 Å². The number of carbonyl (C=O) groups is 1.